The van der Waals surface area contributed by atoms with Crippen LogP contribution in [0.4, 0.5) is 4.39 Å². The summed E-state index contributed by atoms with van der Waals surface area (Å²) >= 11 is 1.73. The maximum absolute atomic E-state index is 13.9. The molecule has 0 aliphatic heterocycles. The van der Waals surface area contributed by atoms with E-state index in [0.717, 1.165) is 41.0 Å². The number of aromatic nitrogens is 1. The third-order valence-corrected chi connectivity index (χ3v) is 6.56. The molecule has 1 aromatic heterocycles. The predicted octanol–water partition coefficient (Wildman–Crippen LogP) is 6.02. The van der Waals surface area contributed by atoms with Crippen molar-refractivity contribution in [1.82, 2.24) is 4.98 Å². The Bertz CT molecular complexity index is 992. The predicted molar refractivity (Wildman–Crippen MR) is 114 cm³/mol. The number of carboxylic acid groups (broad SMARTS) is 1. The molecule has 150 valence electrons. The Morgan fingerprint density at radius 1 is 1.07 bits per heavy atom. The van der Waals surface area contributed by atoms with E-state index in [1.807, 2.05) is 12.3 Å². The second-order valence-corrected chi connectivity index (χ2v) is 8.77. The first kappa shape index (κ1) is 19.8. The SMILES string of the molecule is O=C(O)CCCc1ccc(CCc2cc(F)ccc2-c2ncc(C3CC3)s2)cc1. The van der Waals surface area contributed by atoms with Crippen molar-refractivity contribution in [2.45, 2.75) is 50.9 Å². The number of hydrogen-bond acceptors (Lipinski definition) is 3. The molecule has 5 heteroatoms. The Hall–Kier alpha value is -2.53. The molecule has 0 bridgehead atoms. The van der Waals surface area contributed by atoms with E-state index in [9.17, 15) is 9.18 Å². The number of benzene rings is 2. The zero-order valence-corrected chi connectivity index (χ0v) is 17.1. The van der Waals surface area contributed by atoms with Crippen LogP contribution in [0, 0.1) is 5.82 Å². The van der Waals surface area contributed by atoms with Gasteiger partial charge in [0.05, 0.1) is 0 Å². The summed E-state index contributed by atoms with van der Waals surface area (Å²) in [5.41, 5.74) is 4.37. The number of aryl methyl sites for hydroxylation is 3. The van der Waals surface area contributed by atoms with Gasteiger partial charge in [-0.1, -0.05) is 24.3 Å². The molecule has 0 radical (unpaired) electrons. The van der Waals surface area contributed by atoms with Crippen LogP contribution in [-0.4, -0.2) is 16.1 Å². The zero-order chi connectivity index (χ0) is 20.2. The molecule has 4 rings (SSSR count). The minimum atomic E-state index is -0.753. The molecule has 29 heavy (non-hydrogen) atoms. The molecule has 1 aliphatic carbocycles. The fraction of sp³-hybridized carbons (Fsp3) is 0.333. The Morgan fingerprint density at radius 3 is 2.48 bits per heavy atom. The highest BCUT2D eigenvalue weighted by molar-refractivity contribution is 7.15. The molecule has 0 saturated heterocycles. The molecule has 1 saturated carbocycles. The summed E-state index contributed by atoms with van der Waals surface area (Å²) in [4.78, 5) is 16.6. The molecule has 1 N–H and O–H groups in total. The Balaban J connectivity index is 1.42. The van der Waals surface area contributed by atoms with E-state index < -0.39 is 5.97 Å². The fourth-order valence-electron chi connectivity index (χ4n) is 3.54. The molecule has 2 aromatic carbocycles. The summed E-state index contributed by atoms with van der Waals surface area (Å²) < 4.78 is 13.9. The third kappa shape index (κ3) is 5.30. The average Bonchev–Trinajstić information content (AvgIpc) is 3.44. The number of hydrogen-bond donors (Lipinski definition) is 1. The first-order chi connectivity index (χ1) is 14.1. The lowest BCUT2D eigenvalue weighted by Crippen LogP contribution is -1.97. The van der Waals surface area contributed by atoms with Crippen LogP contribution in [0.15, 0.2) is 48.7 Å². The Labute approximate surface area is 174 Å². The summed E-state index contributed by atoms with van der Waals surface area (Å²) in [5, 5.41) is 9.72. The largest absolute Gasteiger partial charge is 0.481 e. The van der Waals surface area contributed by atoms with Crippen molar-refractivity contribution < 1.29 is 14.3 Å². The van der Waals surface area contributed by atoms with Crippen molar-refractivity contribution in [3.63, 3.8) is 0 Å². The molecule has 1 heterocycles. The van der Waals surface area contributed by atoms with Crippen LogP contribution in [0.2, 0.25) is 0 Å². The third-order valence-electron chi connectivity index (χ3n) is 5.36. The standard InChI is InChI=1S/C24H24FNO2S/c25-20-12-13-21(24-26-15-22(29-24)18-10-11-18)19(14-20)9-8-17-6-4-16(5-7-17)2-1-3-23(27)28/h4-7,12-15,18H,1-3,8-11H2,(H,27,28). The summed E-state index contributed by atoms with van der Waals surface area (Å²) in [6, 6.07) is 13.3. The van der Waals surface area contributed by atoms with Gasteiger partial charge in [-0.25, -0.2) is 9.37 Å². The van der Waals surface area contributed by atoms with Gasteiger partial charge in [0, 0.05) is 23.1 Å². The summed E-state index contributed by atoms with van der Waals surface area (Å²) in [7, 11) is 0. The van der Waals surface area contributed by atoms with Crippen molar-refractivity contribution in [1.29, 1.82) is 0 Å². The van der Waals surface area contributed by atoms with Gasteiger partial charge in [0.25, 0.3) is 0 Å². The molecule has 3 aromatic rings. The van der Waals surface area contributed by atoms with Gasteiger partial charge in [-0.3, -0.25) is 4.79 Å². The molecule has 0 spiro atoms. The van der Waals surface area contributed by atoms with Crippen molar-refractivity contribution in [2.75, 3.05) is 0 Å². The molecule has 3 nitrogen and oxygen atoms in total. The van der Waals surface area contributed by atoms with E-state index in [1.54, 1.807) is 17.4 Å². The number of nitrogens with zero attached hydrogens (tertiary/aromatic N) is 1. The van der Waals surface area contributed by atoms with Crippen LogP contribution in [0.5, 0.6) is 0 Å². The van der Waals surface area contributed by atoms with Gasteiger partial charge in [-0.2, -0.15) is 0 Å². The first-order valence-corrected chi connectivity index (χ1v) is 10.9. The van der Waals surface area contributed by atoms with Gasteiger partial charge in [-0.15, -0.1) is 11.3 Å². The minimum Gasteiger partial charge on any atom is -0.481 e. The number of aliphatic carboxylic acids is 1. The van der Waals surface area contributed by atoms with Gasteiger partial charge >= 0.3 is 5.97 Å². The first-order valence-electron chi connectivity index (χ1n) is 10.1. The van der Waals surface area contributed by atoms with Crippen LogP contribution in [0.1, 0.15) is 53.2 Å². The second kappa shape index (κ2) is 8.87. The number of halogens is 1. The lowest BCUT2D eigenvalue weighted by molar-refractivity contribution is -0.137. The minimum absolute atomic E-state index is 0.198. The maximum atomic E-state index is 13.9. The Morgan fingerprint density at radius 2 is 1.79 bits per heavy atom. The van der Waals surface area contributed by atoms with Crippen LogP contribution in [0.3, 0.4) is 0 Å². The van der Waals surface area contributed by atoms with E-state index in [0.29, 0.717) is 12.3 Å². The molecule has 0 atom stereocenters. The maximum Gasteiger partial charge on any atom is 0.303 e. The molecular formula is C24H24FNO2S. The van der Waals surface area contributed by atoms with Crippen molar-refractivity contribution >= 4 is 17.3 Å². The lowest BCUT2D eigenvalue weighted by atomic mass is 9.98. The number of rotatable bonds is 9. The average molecular weight is 410 g/mol. The second-order valence-electron chi connectivity index (χ2n) is 7.71. The summed E-state index contributed by atoms with van der Waals surface area (Å²) in [6.07, 6.45) is 7.69. The number of carboxylic acids is 1. The quantitative estimate of drug-likeness (QED) is 0.470. The van der Waals surface area contributed by atoms with Gasteiger partial charge in [0.2, 0.25) is 0 Å². The number of thiazole rings is 1. The summed E-state index contributed by atoms with van der Waals surface area (Å²) in [5.74, 6) is -0.285. The van der Waals surface area contributed by atoms with Crippen molar-refractivity contribution in [2.24, 2.45) is 0 Å². The normalized spacial score (nSPS) is 13.6. The van der Waals surface area contributed by atoms with Gasteiger partial charge < -0.3 is 5.11 Å². The smallest absolute Gasteiger partial charge is 0.303 e. The van der Waals surface area contributed by atoms with E-state index in [-0.39, 0.29) is 12.2 Å². The number of carbonyl (C=O) groups is 1. The summed E-state index contributed by atoms with van der Waals surface area (Å²) in [6.45, 7) is 0. The fourth-order valence-corrected chi connectivity index (χ4v) is 4.69. The molecule has 0 unspecified atom stereocenters. The highest BCUT2D eigenvalue weighted by Gasteiger charge is 2.26. The van der Waals surface area contributed by atoms with E-state index in [2.05, 4.69) is 29.2 Å². The monoisotopic (exact) mass is 409 g/mol. The highest BCUT2D eigenvalue weighted by Crippen LogP contribution is 2.44. The van der Waals surface area contributed by atoms with Crippen LogP contribution in [-0.2, 0) is 24.1 Å². The molecule has 1 fully saturated rings. The molecule has 1 aliphatic rings. The van der Waals surface area contributed by atoms with Gasteiger partial charge in [-0.05, 0) is 79.3 Å². The van der Waals surface area contributed by atoms with E-state index >= 15 is 0 Å². The van der Waals surface area contributed by atoms with Crippen molar-refractivity contribution in [3.8, 4) is 10.6 Å². The zero-order valence-electron chi connectivity index (χ0n) is 16.2. The van der Waals surface area contributed by atoms with Crippen LogP contribution in [0.25, 0.3) is 10.6 Å². The lowest BCUT2D eigenvalue weighted by Gasteiger charge is -2.09. The van der Waals surface area contributed by atoms with E-state index in [4.69, 9.17) is 5.11 Å². The topological polar surface area (TPSA) is 50.2 Å². The van der Waals surface area contributed by atoms with Crippen molar-refractivity contribution in [3.05, 3.63) is 76.0 Å². The highest BCUT2D eigenvalue weighted by atomic mass is 32.1. The molecule has 0 amide bonds. The van der Waals surface area contributed by atoms with Gasteiger partial charge in [0.15, 0.2) is 0 Å². The Kier molecular flexibility index (Phi) is 6.05. The van der Waals surface area contributed by atoms with Gasteiger partial charge in [0.1, 0.15) is 10.8 Å². The van der Waals surface area contributed by atoms with E-state index in [1.165, 1.54) is 29.3 Å². The van der Waals surface area contributed by atoms with Crippen LogP contribution >= 0.6 is 11.3 Å². The van der Waals surface area contributed by atoms with Crippen LogP contribution < -0.4 is 0 Å². The molecular weight excluding hydrogens is 385 g/mol.